The van der Waals surface area contributed by atoms with Gasteiger partial charge in [0.2, 0.25) is 0 Å². The fourth-order valence-electron chi connectivity index (χ4n) is 1.76. The number of urea groups is 1. The van der Waals surface area contributed by atoms with E-state index in [1.165, 1.54) is 11.3 Å². The summed E-state index contributed by atoms with van der Waals surface area (Å²) >= 11 is 1.28. The number of amides is 2. The summed E-state index contributed by atoms with van der Waals surface area (Å²) in [6.07, 6.45) is 1.65. The van der Waals surface area contributed by atoms with Gasteiger partial charge in [0.05, 0.1) is 12.2 Å². The molecule has 6 nitrogen and oxygen atoms in total. The van der Waals surface area contributed by atoms with Crippen molar-refractivity contribution in [2.45, 2.75) is 19.5 Å². The van der Waals surface area contributed by atoms with E-state index in [0.717, 1.165) is 11.3 Å². The van der Waals surface area contributed by atoms with Crippen molar-refractivity contribution in [2.75, 3.05) is 0 Å². The van der Waals surface area contributed by atoms with Gasteiger partial charge < -0.3 is 15.7 Å². The number of aryl methyl sites for hydroxylation is 1. The Bertz CT molecular complexity index is 628. The van der Waals surface area contributed by atoms with Crippen molar-refractivity contribution in [2.24, 2.45) is 0 Å². The zero-order valence-electron chi connectivity index (χ0n) is 11.4. The smallest absolute Gasteiger partial charge is 0.331 e. The summed E-state index contributed by atoms with van der Waals surface area (Å²) in [4.78, 5) is 27.8. The highest BCUT2D eigenvalue weighted by atomic mass is 32.1. The summed E-state index contributed by atoms with van der Waals surface area (Å²) in [5, 5.41) is 16.0. The molecular formula is C14H15N3O3S. The van der Waals surface area contributed by atoms with Crippen LogP contribution in [0.3, 0.4) is 0 Å². The Labute approximate surface area is 125 Å². The Morgan fingerprint density at radius 2 is 2.19 bits per heavy atom. The first-order chi connectivity index (χ1) is 10.1. The molecule has 2 aromatic rings. The molecule has 0 saturated carbocycles. The van der Waals surface area contributed by atoms with Crippen molar-refractivity contribution in [3.63, 3.8) is 0 Å². The second kappa shape index (κ2) is 6.85. The van der Waals surface area contributed by atoms with Gasteiger partial charge in [0.1, 0.15) is 0 Å². The van der Waals surface area contributed by atoms with Gasteiger partial charge in [-0.15, -0.1) is 11.3 Å². The molecule has 0 spiro atoms. The molecule has 7 heteroatoms. The van der Waals surface area contributed by atoms with E-state index in [0.29, 0.717) is 4.88 Å². The highest BCUT2D eigenvalue weighted by Gasteiger charge is 2.22. The Hall–Kier alpha value is -2.41. The summed E-state index contributed by atoms with van der Waals surface area (Å²) in [5.41, 5.74) is 1.71. The standard InChI is InChI=1S/C14H15N3O3S/c1-9-4-2-6-15-10(9)8-16-14(20)17-12(13(18)19)11-5-3-7-21-11/h2-7,12H,8H2,1H3,(H,18,19)(H2,16,17,20). The second-order valence-electron chi connectivity index (χ2n) is 4.38. The van der Waals surface area contributed by atoms with E-state index in [2.05, 4.69) is 15.6 Å². The number of hydrogen-bond donors (Lipinski definition) is 3. The highest BCUT2D eigenvalue weighted by Crippen LogP contribution is 2.18. The molecule has 1 unspecified atom stereocenters. The molecule has 21 heavy (non-hydrogen) atoms. The summed E-state index contributed by atoms with van der Waals surface area (Å²) in [6.45, 7) is 2.14. The molecule has 0 aliphatic rings. The van der Waals surface area contributed by atoms with Crippen LogP contribution in [0.5, 0.6) is 0 Å². The monoisotopic (exact) mass is 305 g/mol. The van der Waals surface area contributed by atoms with E-state index in [9.17, 15) is 14.7 Å². The highest BCUT2D eigenvalue weighted by molar-refractivity contribution is 7.10. The maximum absolute atomic E-state index is 11.8. The summed E-state index contributed by atoms with van der Waals surface area (Å²) < 4.78 is 0. The van der Waals surface area contributed by atoms with E-state index < -0.39 is 18.0 Å². The Balaban J connectivity index is 1.94. The molecule has 2 amide bonds. The first kappa shape index (κ1) is 15.0. The van der Waals surface area contributed by atoms with Crippen LogP contribution in [0.1, 0.15) is 22.2 Å². The average molecular weight is 305 g/mol. The molecule has 0 fully saturated rings. The molecule has 0 saturated heterocycles. The maximum Gasteiger partial charge on any atom is 0.331 e. The lowest BCUT2D eigenvalue weighted by Gasteiger charge is -2.14. The van der Waals surface area contributed by atoms with E-state index in [-0.39, 0.29) is 6.54 Å². The normalized spacial score (nSPS) is 11.7. The van der Waals surface area contributed by atoms with Gasteiger partial charge in [-0.2, -0.15) is 0 Å². The Morgan fingerprint density at radius 3 is 2.81 bits per heavy atom. The van der Waals surface area contributed by atoms with E-state index >= 15 is 0 Å². The lowest BCUT2D eigenvalue weighted by molar-refractivity contribution is -0.139. The molecule has 0 aliphatic heterocycles. The molecular weight excluding hydrogens is 290 g/mol. The van der Waals surface area contributed by atoms with Gasteiger partial charge in [-0.05, 0) is 30.0 Å². The van der Waals surface area contributed by atoms with Crippen molar-refractivity contribution in [1.29, 1.82) is 0 Å². The predicted octanol–water partition coefficient (Wildman–Crippen LogP) is 2.08. The fraction of sp³-hybridized carbons (Fsp3) is 0.214. The van der Waals surface area contributed by atoms with Crippen LogP contribution in [0, 0.1) is 6.92 Å². The second-order valence-corrected chi connectivity index (χ2v) is 5.36. The number of nitrogens with one attached hydrogen (secondary N) is 2. The minimum absolute atomic E-state index is 0.245. The van der Waals surface area contributed by atoms with Crippen LogP contribution in [0.4, 0.5) is 4.79 Å². The number of rotatable bonds is 5. The Kier molecular flexibility index (Phi) is 4.89. The summed E-state index contributed by atoms with van der Waals surface area (Å²) in [6, 6.07) is 5.54. The third-order valence-corrected chi connectivity index (χ3v) is 3.82. The SMILES string of the molecule is Cc1cccnc1CNC(=O)NC(C(=O)O)c1cccs1. The van der Waals surface area contributed by atoms with Crippen LogP contribution < -0.4 is 10.6 Å². The molecule has 2 rings (SSSR count). The van der Waals surface area contributed by atoms with Crippen LogP contribution in [0.15, 0.2) is 35.8 Å². The number of carbonyl (C=O) groups excluding carboxylic acids is 1. The zero-order valence-corrected chi connectivity index (χ0v) is 12.2. The minimum Gasteiger partial charge on any atom is -0.479 e. The van der Waals surface area contributed by atoms with Crippen LogP contribution in [0.2, 0.25) is 0 Å². The topological polar surface area (TPSA) is 91.3 Å². The van der Waals surface area contributed by atoms with Crippen molar-refractivity contribution in [3.05, 3.63) is 52.0 Å². The first-order valence-electron chi connectivity index (χ1n) is 6.29. The van der Waals surface area contributed by atoms with Gasteiger partial charge in [-0.25, -0.2) is 9.59 Å². The lowest BCUT2D eigenvalue weighted by atomic mass is 10.2. The van der Waals surface area contributed by atoms with Gasteiger partial charge in [-0.1, -0.05) is 12.1 Å². The number of thiophene rings is 1. The minimum atomic E-state index is -1.10. The zero-order chi connectivity index (χ0) is 15.2. The van der Waals surface area contributed by atoms with Crippen molar-refractivity contribution in [1.82, 2.24) is 15.6 Å². The maximum atomic E-state index is 11.8. The third-order valence-electron chi connectivity index (χ3n) is 2.88. The van der Waals surface area contributed by atoms with Gasteiger partial charge in [0, 0.05) is 11.1 Å². The molecule has 0 aliphatic carbocycles. The van der Waals surface area contributed by atoms with Gasteiger partial charge in [0.25, 0.3) is 0 Å². The van der Waals surface area contributed by atoms with Crippen LogP contribution in [-0.4, -0.2) is 22.1 Å². The number of pyridine rings is 1. The van der Waals surface area contributed by atoms with Crippen molar-refractivity contribution < 1.29 is 14.7 Å². The van der Waals surface area contributed by atoms with Crippen LogP contribution in [0.25, 0.3) is 0 Å². The molecule has 0 radical (unpaired) electrons. The first-order valence-corrected chi connectivity index (χ1v) is 7.17. The molecule has 0 bridgehead atoms. The molecule has 3 N–H and O–H groups in total. The quantitative estimate of drug-likeness (QED) is 0.788. The molecule has 2 aromatic heterocycles. The number of aliphatic carboxylic acids is 1. The largest absolute Gasteiger partial charge is 0.479 e. The number of carboxylic acids is 1. The number of aromatic nitrogens is 1. The van der Waals surface area contributed by atoms with Crippen LogP contribution >= 0.6 is 11.3 Å². The lowest BCUT2D eigenvalue weighted by Crippen LogP contribution is -2.40. The van der Waals surface area contributed by atoms with Crippen molar-refractivity contribution in [3.8, 4) is 0 Å². The summed E-state index contributed by atoms with van der Waals surface area (Å²) in [7, 11) is 0. The van der Waals surface area contributed by atoms with Gasteiger partial charge >= 0.3 is 12.0 Å². The molecule has 1 atom stereocenters. The average Bonchev–Trinajstić information content (AvgIpc) is 2.97. The van der Waals surface area contributed by atoms with Crippen molar-refractivity contribution >= 4 is 23.3 Å². The van der Waals surface area contributed by atoms with Crippen LogP contribution in [-0.2, 0) is 11.3 Å². The number of carboxylic acid groups (broad SMARTS) is 1. The number of nitrogens with zero attached hydrogens (tertiary/aromatic N) is 1. The fourth-order valence-corrected chi connectivity index (χ4v) is 2.53. The summed E-state index contributed by atoms with van der Waals surface area (Å²) in [5.74, 6) is -1.10. The number of hydrogen-bond acceptors (Lipinski definition) is 4. The van der Waals surface area contributed by atoms with Gasteiger partial charge in [-0.3, -0.25) is 4.98 Å². The van der Waals surface area contributed by atoms with E-state index in [4.69, 9.17) is 0 Å². The van der Waals surface area contributed by atoms with Gasteiger partial charge in [0.15, 0.2) is 6.04 Å². The number of carbonyl (C=O) groups is 2. The van der Waals surface area contributed by atoms with E-state index in [1.54, 1.807) is 23.7 Å². The molecule has 2 heterocycles. The molecule has 110 valence electrons. The third kappa shape index (κ3) is 4.03. The Morgan fingerprint density at radius 1 is 1.38 bits per heavy atom. The molecule has 0 aromatic carbocycles. The predicted molar refractivity (Wildman–Crippen MR) is 79.0 cm³/mol. The van der Waals surface area contributed by atoms with E-state index in [1.807, 2.05) is 19.1 Å².